The summed E-state index contributed by atoms with van der Waals surface area (Å²) in [5, 5.41) is 7.39. The molecular weight excluding hydrogens is 314 g/mol. The van der Waals surface area contributed by atoms with Gasteiger partial charge in [0.15, 0.2) is 0 Å². The van der Waals surface area contributed by atoms with Crippen LogP contribution in [0.2, 0.25) is 0 Å². The first-order valence-corrected chi connectivity index (χ1v) is 8.66. The number of aromatic nitrogens is 4. The number of nitrogens with zero attached hydrogens (tertiary/aromatic N) is 4. The highest BCUT2D eigenvalue weighted by Gasteiger charge is 2.22. The molecule has 128 valence electrons. The van der Waals surface area contributed by atoms with Crippen LogP contribution in [-0.2, 0) is 17.6 Å². The Bertz CT molecular complexity index is 946. The summed E-state index contributed by atoms with van der Waals surface area (Å²) >= 11 is 0. The number of nitrogens with one attached hydrogen (secondary N) is 1. The second kappa shape index (κ2) is 6.27. The van der Waals surface area contributed by atoms with Gasteiger partial charge in [0.2, 0.25) is 5.91 Å². The molecule has 2 aromatic heterocycles. The Labute approximate surface area is 146 Å². The van der Waals surface area contributed by atoms with E-state index in [0.29, 0.717) is 12.2 Å². The molecule has 6 nitrogen and oxygen atoms in total. The highest BCUT2D eigenvalue weighted by Crippen LogP contribution is 2.29. The van der Waals surface area contributed by atoms with Crippen LogP contribution in [0.15, 0.2) is 30.6 Å². The van der Waals surface area contributed by atoms with Crippen LogP contribution in [-0.4, -0.2) is 25.5 Å². The highest BCUT2D eigenvalue weighted by molar-refractivity contribution is 5.79. The molecule has 0 unspecified atom stereocenters. The summed E-state index contributed by atoms with van der Waals surface area (Å²) in [4.78, 5) is 21.2. The van der Waals surface area contributed by atoms with Gasteiger partial charge >= 0.3 is 0 Å². The maximum absolute atomic E-state index is 12.7. The first-order valence-electron chi connectivity index (χ1n) is 8.66. The Morgan fingerprint density at radius 3 is 3.04 bits per heavy atom. The third-order valence-corrected chi connectivity index (χ3v) is 5.03. The van der Waals surface area contributed by atoms with E-state index < -0.39 is 0 Å². The Hall–Kier alpha value is -2.76. The maximum Gasteiger partial charge on any atom is 0.252 e. The third kappa shape index (κ3) is 2.88. The average Bonchev–Trinajstić information content (AvgIpc) is 3.07. The number of fused-ring (bicyclic) bond motifs is 2. The molecule has 0 saturated carbocycles. The molecule has 3 aromatic rings. The van der Waals surface area contributed by atoms with E-state index in [4.69, 9.17) is 0 Å². The van der Waals surface area contributed by atoms with Crippen molar-refractivity contribution >= 4 is 11.7 Å². The van der Waals surface area contributed by atoms with Crippen molar-refractivity contribution in [2.45, 2.75) is 45.6 Å². The van der Waals surface area contributed by atoms with Crippen LogP contribution in [0.25, 0.3) is 5.78 Å². The minimum Gasteiger partial charge on any atom is -0.349 e. The van der Waals surface area contributed by atoms with Crippen LogP contribution in [0.5, 0.6) is 0 Å². The minimum absolute atomic E-state index is 0.0224. The van der Waals surface area contributed by atoms with E-state index in [-0.39, 0.29) is 11.9 Å². The van der Waals surface area contributed by atoms with Crippen molar-refractivity contribution in [3.63, 3.8) is 0 Å². The smallest absolute Gasteiger partial charge is 0.252 e. The van der Waals surface area contributed by atoms with Crippen molar-refractivity contribution in [2.24, 2.45) is 0 Å². The van der Waals surface area contributed by atoms with Crippen molar-refractivity contribution < 1.29 is 4.79 Å². The van der Waals surface area contributed by atoms with Gasteiger partial charge in [-0.15, -0.1) is 0 Å². The van der Waals surface area contributed by atoms with Crippen molar-refractivity contribution in [3.05, 3.63) is 58.7 Å². The minimum atomic E-state index is 0.0224. The first kappa shape index (κ1) is 15.7. The summed E-state index contributed by atoms with van der Waals surface area (Å²) in [5.41, 5.74) is 5.26. The standard InChI is InChI=1S/C19H21N5O/c1-12-16(13(2)24-19(22-12)20-11-21-24)10-18(25)23-17-9-5-7-14-6-3-4-8-15(14)17/h3-4,6,8,11,17H,5,7,9-10H2,1-2H3,(H,23,25)/t17-/m1/s1. The summed E-state index contributed by atoms with van der Waals surface area (Å²) in [6.45, 7) is 3.87. The van der Waals surface area contributed by atoms with Gasteiger partial charge in [-0.3, -0.25) is 4.79 Å². The first-order chi connectivity index (χ1) is 12.1. The fraction of sp³-hybridized carbons (Fsp3) is 0.368. The van der Waals surface area contributed by atoms with Crippen LogP contribution >= 0.6 is 0 Å². The SMILES string of the molecule is Cc1nc2ncnn2c(C)c1CC(=O)N[C@@H]1CCCc2ccccc21. The summed E-state index contributed by atoms with van der Waals surface area (Å²) in [6, 6.07) is 8.49. The fourth-order valence-electron chi connectivity index (χ4n) is 3.72. The lowest BCUT2D eigenvalue weighted by molar-refractivity contribution is -0.121. The number of aryl methyl sites for hydroxylation is 3. The molecule has 0 bridgehead atoms. The lowest BCUT2D eigenvalue weighted by Gasteiger charge is -2.26. The number of carbonyl (C=O) groups is 1. The zero-order valence-electron chi connectivity index (χ0n) is 14.5. The van der Waals surface area contributed by atoms with Gasteiger partial charge in [0.25, 0.3) is 5.78 Å². The predicted octanol–water partition coefficient (Wildman–Crippen LogP) is 2.48. The third-order valence-electron chi connectivity index (χ3n) is 5.03. The molecule has 0 spiro atoms. The Balaban J connectivity index is 1.56. The van der Waals surface area contributed by atoms with Crippen molar-refractivity contribution in [2.75, 3.05) is 0 Å². The van der Waals surface area contributed by atoms with Gasteiger partial charge in [0.05, 0.1) is 12.5 Å². The molecule has 1 amide bonds. The second-order valence-electron chi connectivity index (χ2n) is 6.62. The molecule has 1 N–H and O–H groups in total. The number of rotatable bonds is 3. The van der Waals surface area contributed by atoms with Crippen LogP contribution in [0.3, 0.4) is 0 Å². The molecule has 1 aromatic carbocycles. The highest BCUT2D eigenvalue weighted by atomic mass is 16.1. The normalized spacial score (nSPS) is 16.6. The number of carbonyl (C=O) groups excluding carboxylic acids is 1. The van der Waals surface area contributed by atoms with Gasteiger partial charge in [-0.1, -0.05) is 24.3 Å². The van der Waals surface area contributed by atoms with Gasteiger partial charge in [-0.2, -0.15) is 10.1 Å². The quantitative estimate of drug-likeness (QED) is 0.798. The zero-order chi connectivity index (χ0) is 17.4. The number of benzene rings is 1. The number of amides is 1. The number of hydrogen-bond donors (Lipinski definition) is 1. The Morgan fingerprint density at radius 1 is 1.32 bits per heavy atom. The zero-order valence-corrected chi connectivity index (χ0v) is 14.5. The molecule has 0 saturated heterocycles. The fourth-order valence-corrected chi connectivity index (χ4v) is 3.72. The average molecular weight is 335 g/mol. The van der Waals surface area contributed by atoms with E-state index in [2.05, 4.69) is 38.6 Å². The molecule has 1 aliphatic carbocycles. The number of hydrogen-bond acceptors (Lipinski definition) is 4. The molecule has 6 heteroatoms. The molecule has 4 rings (SSSR count). The summed E-state index contributed by atoms with van der Waals surface area (Å²) < 4.78 is 1.69. The lowest BCUT2D eigenvalue weighted by atomic mass is 9.87. The van der Waals surface area contributed by atoms with Gasteiger partial charge in [0.1, 0.15) is 6.33 Å². The second-order valence-corrected chi connectivity index (χ2v) is 6.62. The van der Waals surface area contributed by atoms with E-state index in [1.54, 1.807) is 4.52 Å². The Morgan fingerprint density at radius 2 is 2.16 bits per heavy atom. The van der Waals surface area contributed by atoms with E-state index in [1.165, 1.54) is 17.5 Å². The van der Waals surface area contributed by atoms with E-state index in [9.17, 15) is 4.79 Å². The Kier molecular flexibility index (Phi) is 3.95. The van der Waals surface area contributed by atoms with E-state index in [1.807, 2.05) is 19.9 Å². The predicted molar refractivity (Wildman–Crippen MR) is 94.2 cm³/mol. The molecular formula is C19H21N5O. The van der Waals surface area contributed by atoms with Crippen molar-refractivity contribution in [1.82, 2.24) is 24.9 Å². The summed E-state index contributed by atoms with van der Waals surface area (Å²) in [5.74, 6) is 0.592. The largest absolute Gasteiger partial charge is 0.349 e. The summed E-state index contributed by atoms with van der Waals surface area (Å²) in [6.07, 6.45) is 4.97. The molecule has 1 aliphatic rings. The van der Waals surface area contributed by atoms with E-state index in [0.717, 1.165) is 36.2 Å². The van der Waals surface area contributed by atoms with Crippen LogP contribution in [0.4, 0.5) is 0 Å². The van der Waals surface area contributed by atoms with Crippen LogP contribution < -0.4 is 5.32 Å². The molecule has 0 aliphatic heterocycles. The molecule has 0 fully saturated rings. The lowest BCUT2D eigenvalue weighted by Crippen LogP contribution is -2.32. The van der Waals surface area contributed by atoms with Crippen molar-refractivity contribution in [1.29, 1.82) is 0 Å². The van der Waals surface area contributed by atoms with Crippen molar-refractivity contribution in [3.8, 4) is 0 Å². The van der Waals surface area contributed by atoms with Crippen LogP contribution in [0, 0.1) is 13.8 Å². The van der Waals surface area contributed by atoms with Gasteiger partial charge in [0, 0.05) is 17.0 Å². The van der Waals surface area contributed by atoms with Crippen LogP contribution in [0.1, 0.15) is 47.0 Å². The van der Waals surface area contributed by atoms with Gasteiger partial charge in [-0.05, 0) is 44.2 Å². The van der Waals surface area contributed by atoms with E-state index >= 15 is 0 Å². The molecule has 1 atom stereocenters. The molecule has 2 heterocycles. The molecule has 0 radical (unpaired) electrons. The topological polar surface area (TPSA) is 72.2 Å². The van der Waals surface area contributed by atoms with Gasteiger partial charge < -0.3 is 5.32 Å². The van der Waals surface area contributed by atoms with Gasteiger partial charge in [-0.25, -0.2) is 9.50 Å². The summed E-state index contributed by atoms with van der Waals surface area (Å²) in [7, 11) is 0. The molecule has 25 heavy (non-hydrogen) atoms. The maximum atomic E-state index is 12.7. The monoisotopic (exact) mass is 335 g/mol.